The third-order valence-corrected chi connectivity index (χ3v) is 11.4. The number of nitrogens with zero attached hydrogens (tertiary/aromatic N) is 7. The topological polar surface area (TPSA) is 151 Å². The van der Waals surface area contributed by atoms with E-state index in [9.17, 15) is 19.6 Å². The summed E-state index contributed by atoms with van der Waals surface area (Å²) in [6, 6.07) is 5.86. The van der Waals surface area contributed by atoms with Crippen LogP contribution in [0.3, 0.4) is 0 Å². The Bertz CT molecular complexity index is 1540. The van der Waals surface area contributed by atoms with Gasteiger partial charge in [0.25, 0.3) is 11.8 Å². The second kappa shape index (κ2) is 11.1. The molecule has 1 saturated heterocycles. The molecule has 0 aromatic carbocycles. The van der Waals surface area contributed by atoms with Crippen LogP contribution < -0.4 is 5.32 Å². The summed E-state index contributed by atoms with van der Waals surface area (Å²) in [5, 5.41) is 28.6. The summed E-state index contributed by atoms with van der Waals surface area (Å²) < 4.78 is 0. The zero-order valence-corrected chi connectivity index (χ0v) is 26.5. The van der Waals surface area contributed by atoms with Crippen molar-refractivity contribution in [2.75, 3.05) is 34.7 Å². The maximum Gasteiger partial charge on any atom is 0.263 e. The normalized spacial score (nSPS) is 22.0. The maximum absolute atomic E-state index is 13.3. The van der Waals surface area contributed by atoms with Gasteiger partial charge in [-0.1, -0.05) is 5.21 Å². The van der Waals surface area contributed by atoms with Gasteiger partial charge in [-0.2, -0.15) is 10.5 Å². The number of amides is 3. The highest BCUT2D eigenvalue weighted by atomic mass is 32.1. The molecule has 1 saturated carbocycles. The smallest absolute Gasteiger partial charge is 0.263 e. The molecule has 226 valence electrons. The van der Waals surface area contributed by atoms with E-state index < -0.39 is 5.41 Å². The van der Waals surface area contributed by atoms with Crippen LogP contribution in [0.25, 0.3) is 0 Å². The Hall–Kier alpha value is -3.67. The first-order valence-electron chi connectivity index (χ1n) is 14.4. The zero-order chi connectivity index (χ0) is 30.6. The lowest BCUT2D eigenvalue weighted by Gasteiger charge is -2.33. The average Bonchev–Trinajstić information content (AvgIpc) is 3.48. The van der Waals surface area contributed by atoms with Gasteiger partial charge in [-0.05, 0) is 68.2 Å². The van der Waals surface area contributed by atoms with Crippen molar-refractivity contribution in [1.29, 1.82) is 5.26 Å². The minimum atomic E-state index is -0.918. The number of piperidine rings is 1. The average molecular weight is 622 g/mol. The summed E-state index contributed by atoms with van der Waals surface area (Å²) in [6.45, 7) is 2.12. The van der Waals surface area contributed by atoms with Crippen LogP contribution in [0.5, 0.6) is 0 Å². The van der Waals surface area contributed by atoms with Gasteiger partial charge in [0.05, 0.1) is 22.4 Å². The number of likely N-dealkylation sites (tertiary alicyclic amines) is 1. The molecule has 2 aliphatic carbocycles. The number of tetrazole rings is 1. The van der Waals surface area contributed by atoms with Crippen LogP contribution in [0.4, 0.5) is 0 Å². The molecule has 0 unspecified atom stereocenters. The first-order valence-corrected chi connectivity index (χ1v) is 16.1. The lowest BCUT2D eigenvalue weighted by molar-refractivity contribution is -0.131. The molecule has 43 heavy (non-hydrogen) atoms. The number of aryl methyl sites for hydroxylation is 2. The first-order chi connectivity index (χ1) is 20.5. The van der Waals surface area contributed by atoms with E-state index in [1.165, 1.54) is 22.7 Å². The second-order valence-electron chi connectivity index (χ2n) is 12.2. The molecule has 4 atom stereocenters. The Morgan fingerprint density at radius 2 is 1.70 bits per heavy atom. The number of rotatable bonds is 8. The molecule has 12 nitrogen and oxygen atoms in total. The molecule has 0 radical (unpaired) electrons. The van der Waals surface area contributed by atoms with E-state index >= 15 is 0 Å². The number of nitriles is 1. The lowest BCUT2D eigenvalue weighted by Crippen LogP contribution is -2.46. The number of H-pyrrole nitrogens is 1. The summed E-state index contributed by atoms with van der Waals surface area (Å²) in [5.41, 5.74) is 1.17. The molecule has 1 aliphatic heterocycles. The molecule has 2 fully saturated rings. The fourth-order valence-electron chi connectivity index (χ4n) is 6.61. The highest BCUT2D eigenvalue weighted by Gasteiger charge is 2.54. The molecular weight excluding hydrogens is 587 g/mol. The molecular formula is C29H35N9O3S2. The van der Waals surface area contributed by atoms with Gasteiger partial charge in [-0.3, -0.25) is 14.4 Å². The standard InChI is InChI=1S/C29H35N9O3S2/c1-15(31-14-23(39)38-19(13-30)8-18-9-20(18)38)12-29(28-32-34-35-33-28)24-16(10-21(42-24)26(40)36(2)3)6-7-17-11-22(43-25(17)29)27(41)37(4)5/h10-11,15,18-20,31H,6-9,12,14H2,1-5H3,(H,32,33,34,35)/t15-,18+,19-,20-/m0/s1. The minimum absolute atomic E-state index is 0.0655. The third kappa shape index (κ3) is 5.03. The molecule has 3 aliphatic rings. The number of nitrogens with one attached hydrogen (secondary N) is 2. The fourth-order valence-corrected chi connectivity index (χ4v) is 9.55. The number of hydrogen-bond donors (Lipinski definition) is 2. The van der Waals surface area contributed by atoms with Crippen molar-refractivity contribution in [2.45, 2.75) is 62.6 Å². The fraction of sp³-hybridized carbons (Fsp3) is 0.552. The van der Waals surface area contributed by atoms with Gasteiger partial charge in [-0.15, -0.1) is 32.9 Å². The minimum Gasteiger partial charge on any atom is -0.344 e. The van der Waals surface area contributed by atoms with Crippen LogP contribution in [0, 0.1) is 17.2 Å². The summed E-state index contributed by atoms with van der Waals surface area (Å²) in [5.74, 6) is 0.680. The number of hydrogen-bond acceptors (Lipinski definition) is 10. The molecule has 0 spiro atoms. The predicted molar refractivity (Wildman–Crippen MR) is 161 cm³/mol. The van der Waals surface area contributed by atoms with Gasteiger partial charge in [0.1, 0.15) is 11.5 Å². The second-order valence-corrected chi connectivity index (χ2v) is 14.3. The number of aromatic amines is 1. The van der Waals surface area contributed by atoms with Crippen molar-refractivity contribution in [3.8, 4) is 6.07 Å². The van der Waals surface area contributed by atoms with Crippen molar-refractivity contribution in [1.82, 2.24) is 40.6 Å². The Morgan fingerprint density at radius 3 is 2.21 bits per heavy atom. The Morgan fingerprint density at radius 1 is 1.09 bits per heavy atom. The van der Waals surface area contributed by atoms with Crippen LogP contribution in [0.2, 0.25) is 0 Å². The summed E-state index contributed by atoms with van der Waals surface area (Å²) >= 11 is 2.87. The number of thiophene rings is 2. The summed E-state index contributed by atoms with van der Waals surface area (Å²) in [4.78, 5) is 47.6. The van der Waals surface area contributed by atoms with E-state index in [1.807, 2.05) is 19.1 Å². The monoisotopic (exact) mass is 621 g/mol. The van der Waals surface area contributed by atoms with Gasteiger partial charge < -0.3 is 20.0 Å². The summed E-state index contributed by atoms with van der Waals surface area (Å²) in [7, 11) is 6.95. The Labute approximate surface area is 258 Å². The van der Waals surface area contributed by atoms with E-state index in [0.717, 1.165) is 33.7 Å². The molecule has 14 heteroatoms. The molecule has 6 rings (SSSR count). The number of aromatic nitrogens is 4. The molecule has 0 bridgehead atoms. The quantitative estimate of drug-likeness (QED) is 0.388. The van der Waals surface area contributed by atoms with E-state index in [0.29, 0.717) is 40.8 Å². The Kier molecular flexibility index (Phi) is 7.60. The molecule has 3 aromatic rings. The van der Waals surface area contributed by atoms with Gasteiger partial charge >= 0.3 is 0 Å². The van der Waals surface area contributed by atoms with Crippen molar-refractivity contribution in [2.24, 2.45) is 5.92 Å². The number of carbonyl (C=O) groups excluding carboxylic acids is 3. The van der Waals surface area contributed by atoms with E-state index in [2.05, 4.69) is 32.0 Å². The first kappa shape index (κ1) is 29.4. The SMILES string of the molecule is C[C@@H](CC1(c2nn[nH]n2)c2sc(C(=O)N(C)C)cc2CCc2cc(C(=O)N(C)C)sc21)NCC(=O)N1[C@H](C#N)C[C@@H]2C[C@@H]21. The van der Waals surface area contributed by atoms with Crippen molar-refractivity contribution in [3.05, 3.63) is 48.6 Å². The predicted octanol–water partition coefficient (Wildman–Crippen LogP) is 2.04. The van der Waals surface area contributed by atoms with Crippen LogP contribution in [-0.2, 0) is 23.1 Å². The highest BCUT2D eigenvalue weighted by Crippen LogP contribution is 2.52. The van der Waals surface area contributed by atoms with Crippen LogP contribution in [0.15, 0.2) is 12.1 Å². The third-order valence-electron chi connectivity index (χ3n) is 8.77. The van der Waals surface area contributed by atoms with Crippen LogP contribution >= 0.6 is 22.7 Å². The van der Waals surface area contributed by atoms with Crippen LogP contribution in [0.1, 0.15) is 72.2 Å². The zero-order valence-electron chi connectivity index (χ0n) is 24.9. The highest BCUT2D eigenvalue weighted by molar-refractivity contribution is 7.16. The lowest BCUT2D eigenvalue weighted by atomic mass is 9.76. The van der Waals surface area contributed by atoms with Crippen molar-refractivity contribution < 1.29 is 14.4 Å². The van der Waals surface area contributed by atoms with E-state index in [-0.39, 0.29) is 42.4 Å². The summed E-state index contributed by atoms with van der Waals surface area (Å²) in [6.07, 6.45) is 3.58. The van der Waals surface area contributed by atoms with Crippen LogP contribution in [-0.4, -0.2) is 106 Å². The van der Waals surface area contributed by atoms with Gasteiger partial charge in [-0.25, -0.2) is 0 Å². The van der Waals surface area contributed by atoms with Crippen molar-refractivity contribution in [3.63, 3.8) is 0 Å². The van der Waals surface area contributed by atoms with Gasteiger partial charge in [0.2, 0.25) is 5.91 Å². The van der Waals surface area contributed by atoms with Crippen molar-refractivity contribution >= 4 is 40.4 Å². The molecule has 4 heterocycles. The van der Waals surface area contributed by atoms with E-state index in [1.54, 1.807) is 42.9 Å². The number of fused-ring (bicyclic) bond motifs is 3. The largest absolute Gasteiger partial charge is 0.344 e. The maximum atomic E-state index is 13.3. The Balaban J connectivity index is 1.41. The van der Waals surface area contributed by atoms with Gasteiger partial charge in [0, 0.05) is 50.0 Å². The molecule has 2 N–H and O–H groups in total. The van der Waals surface area contributed by atoms with E-state index in [4.69, 9.17) is 0 Å². The molecule has 3 amide bonds. The molecule has 3 aromatic heterocycles. The van der Waals surface area contributed by atoms with Gasteiger partial charge in [0.15, 0.2) is 5.82 Å². The number of carbonyl (C=O) groups is 3.